The van der Waals surface area contributed by atoms with Crippen molar-refractivity contribution >= 4 is 29.1 Å². The number of carboxylic acids is 1. The number of carboxylic acid groups (broad SMARTS) is 1. The fourth-order valence-corrected chi connectivity index (χ4v) is 2.84. The number of amides is 2. The molecule has 1 aromatic heterocycles. The minimum absolute atomic E-state index is 0.00148. The quantitative estimate of drug-likeness (QED) is 0.819. The molecule has 0 bridgehead atoms. The maximum atomic E-state index is 11.7. The molecule has 1 saturated heterocycles. The maximum Gasteiger partial charge on any atom is 0.347 e. The highest BCUT2D eigenvalue weighted by Crippen LogP contribution is 2.17. The zero-order valence-electron chi connectivity index (χ0n) is 11.0. The average molecular weight is 297 g/mol. The van der Waals surface area contributed by atoms with Gasteiger partial charge in [-0.15, -0.1) is 11.3 Å². The maximum absolute atomic E-state index is 11.7. The number of carbonyl (C=O) groups excluding carboxylic acids is 2. The summed E-state index contributed by atoms with van der Waals surface area (Å²) in [5, 5.41) is 12.1. The Morgan fingerprint density at radius 1 is 1.50 bits per heavy atom. The van der Waals surface area contributed by atoms with E-state index in [9.17, 15) is 14.4 Å². The van der Waals surface area contributed by atoms with Gasteiger partial charge in [0.05, 0.1) is 18.8 Å². The number of rotatable bonds is 5. The number of nitrogens with one attached hydrogen (secondary N) is 1. The molecule has 0 saturated carbocycles. The van der Waals surface area contributed by atoms with Gasteiger partial charge in [0.15, 0.2) is 0 Å². The number of hydrogen-bond acceptors (Lipinski definition) is 5. The second kappa shape index (κ2) is 6.00. The molecule has 2 amide bonds. The number of aromatic nitrogens is 1. The van der Waals surface area contributed by atoms with Crippen LogP contribution in [0.3, 0.4) is 0 Å². The van der Waals surface area contributed by atoms with Crippen LogP contribution in [0.5, 0.6) is 0 Å². The highest BCUT2D eigenvalue weighted by atomic mass is 32.1. The van der Waals surface area contributed by atoms with E-state index in [4.69, 9.17) is 5.11 Å². The Hall–Kier alpha value is -1.96. The molecule has 0 radical (unpaired) electrons. The average Bonchev–Trinajstić information content (AvgIpc) is 2.94. The van der Waals surface area contributed by atoms with Gasteiger partial charge in [0.25, 0.3) is 0 Å². The van der Waals surface area contributed by atoms with Gasteiger partial charge < -0.3 is 15.3 Å². The van der Waals surface area contributed by atoms with Crippen molar-refractivity contribution in [2.45, 2.75) is 26.3 Å². The summed E-state index contributed by atoms with van der Waals surface area (Å²) < 4.78 is 0. The Labute approximate surface area is 119 Å². The number of nitrogens with zero attached hydrogens (tertiary/aromatic N) is 2. The first kappa shape index (κ1) is 14.4. The van der Waals surface area contributed by atoms with Crippen LogP contribution in [0.1, 0.15) is 33.2 Å². The van der Waals surface area contributed by atoms with Gasteiger partial charge in [-0.2, -0.15) is 0 Å². The molecule has 2 heterocycles. The van der Waals surface area contributed by atoms with Gasteiger partial charge in [-0.3, -0.25) is 9.59 Å². The van der Waals surface area contributed by atoms with Crippen LogP contribution in [0.25, 0.3) is 0 Å². The predicted molar refractivity (Wildman–Crippen MR) is 71.5 cm³/mol. The minimum atomic E-state index is -1.01. The topological polar surface area (TPSA) is 99.6 Å². The molecule has 20 heavy (non-hydrogen) atoms. The standard InChI is InChI=1S/C12H15N3O4S/c1-7-11(12(18)19)20-9(14-7)5-13-8(16)6-15-4-2-3-10(15)17/h2-6H2,1H3,(H,13,16)(H,18,19). The lowest BCUT2D eigenvalue weighted by atomic mass is 10.4. The number of hydrogen-bond donors (Lipinski definition) is 2. The van der Waals surface area contributed by atoms with E-state index >= 15 is 0 Å². The molecule has 1 aromatic rings. The fourth-order valence-electron chi connectivity index (χ4n) is 2.00. The van der Waals surface area contributed by atoms with E-state index in [1.165, 1.54) is 4.90 Å². The summed E-state index contributed by atoms with van der Waals surface area (Å²) in [5.74, 6) is -1.27. The first-order valence-electron chi connectivity index (χ1n) is 6.21. The molecule has 108 valence electrons. The van der Waals surface area contributed by atoms with Crippen molar-refractivity contribution in [3.63, 3.8) is 0 Å². The molecular formula is C12H15N3O4S. The smallest absolute Gasteiger partial charge is 0.347 e. The van der Waals surface area contributed by atoms with Crippen LogP contribution >= 0.6 is 11.3 Å². The molecule has 2 rings (SSSR count). The van der Waals surface area contributed by atoms with Gasteiger partial charge in [0.2, 0.25) is 11.8 Å². The first-order chi connectivity index (χ1) is 9.47. The predicted octanol–water partition coefficient (Wildman–Crippen LogP) is 0.388. The van der Waals surface area contributed by atoms with E-state index in [1.807, 2.05) is 0 Å². The van der Waals surface area contributed by atoms with E-state index in [-0.39, 0.29) is 29.8 Å². The first-order valence-corrected chi connectivity index (χ1v) is 7.03. The van der Waals surface area contributed by atoms with Crippen molar-refractivity contribution < 1.29 is 19.5 Å². The SMILES string of the molecule is Cc1nc(CNC(=O)CN2CCCC2=O)sc1C(=O)O. The monoisotopic (exact) mass is 297 g/mol. The summed E-state index contributed by atoms with van der Waals surface area (Å²) in [6, 6.07) is 0. The van der Waals surface area contributed by atoms with Crippen molar-refractivity contribution in [1.82, 2.24) is 15.2 Å². The largest absolute Gasteiger partial charge is 0.477 e. The van der Waals surface area contributed by atoms with Crippen molar-refractivity contribution in [3.8, 4) is 0 Å². The van der Waals surface area contributed by atoms with Crippen molar-refractivity contribution in [1.29, 1.82) is 0 Å². The molecular weight excluding hydrogens is 282 g/mol. The number of aromatic carboxylic acids is 1. The number of carbonyl (C=O) groups is 3. The second-order valence-corrected chi connectivity index (χ2v) is 5.61. The Bertz CT molecular complexity index is 555. The third kappa shape index (κ3) is 3.32. The highest BCUT2D eigenvalue weighted by molar-refractivity contribution is 7.13. The minimum Gasteiger partial charge on any atom is -0.477 e. The van der Waals surface area contributed by atoms with Crippen molar-refractivity contribution in [3.05, 3.63) is 15.6 Å². The number of thiazole rings is 1. The lowest BCUT2D eigenvalue weighted by Crippen LogP contribution is -2.37. The molecule has 8 heteroatoms. The van der Waals surface area contributed by atoms with Crippen LogP contribution in [0.15, 0.2) is 0 Å². The summed E-state index contributed by atoms with van der Waals surface area (Å²) in [5.41, 5.74) is 0.446. The number of likely N-dealkylation sites (tertiary alicyclic amines) is 1. The van der Waals surface area contributed by atoms with Crippen LogP contribution in [0.2, 0.25) is 0 Å². The molecule has 0 aromatic carbocycles. The van der Waals surface area contributed by atoms with Gasteiger partial charge in [0, 0.05) is 13.0 Å². The van der Waals surface area contributed by atoms with E-state index in [1.54, 1.807) is 6.92 Å². The molecule has 7 nitrogen and oxygen atoms in total. The summed E-state index contributed by atoms with van der Waals surface area (Å²) >= 11 is 1.05. The van der Waals surface area contributed by atoms with Gasteiger partial charge in [0.1, 0.15) is 9.88 Å². The van der Waals surface area contributed by atoms with Crippen LogP contribution < -0.4 is 5.32 Å². The van der Waals surface area contributed by atoms with E-state index in [2.05, 4.69) is 10.3 Å². The summed E-state index contributed by atoms with van der Waals surface area (Å²) in [6.45, 7) is 2.47. The normalized spacial score (nSPS) is 14.7. The summed E-state index contributed by atoms with van der Waals surface area (Å²) in [6.07, 6.45) is 1.29. The third-order valence-electron chi connectivity index (χ3n) is 2.98. The number of aryl methyl sites for hydroxylation is 1. The fraction of sp³-hybridized carbons (Fsp3) is 0.500. The highest BCUT2D eigenvalue weighted by Gasteiger charge is 2.22. The second-order valence-electron chi connectivity index (χ2n) is 4.52. The summed E-state index contributed by atoms with van der Waals surface area (Å²) in [7, 11) is 0. The Morgan fingerprint density at radius 2 is 2.25 bits per heavy atom. The lowest BCUT2D eigenvalue weighted by Gasteiger charge is -2.14. The van der Waals surface area contributed by atoms with Crippen LogP contribution in [0.4, 0.5) is 0 Å². The van der Waals surface area contributed by atoms with E-state index in [0.717, 1.165) is 17.8 Å². The van der Waals surface area contributed by atoms with Crippen molar-refractivity contribution in [2.75, 3.05) is 13.1 Å². The third-order valence-corrected chi connectivity index (χ3v) is 4.12. The van der Waals surface area contributed by atoms with Gasteiger partial charge in [-0.1, -0.05) is 0 Å². The molecule has 1 aliphatic heterocycles. The van der Waals surface area contributed by atoms with Crippen LogP contribution in [0, 0.1) is 6.92 Å². The van der Waals surface area contributed by atoms with E-state index < -0.39 is 5.97 Å². The molecule has 2 N–H and O–H groups in total. The summed E-state index contributed by atoms with van der Waals surface area (Å²) in [4.78, 5) is 39.8. The molecule has 0 spiro atoms. The Balaban J connectivity index is 1.85. The zero-order chi connectivity index (χ0) is 14.7. The van der Waals surface area contributed by atoms with Crippen LogP contribution in [-0.2, 0) is 16.1 Å². The molecule has 1 fully saturated rings. The van der Waals surface area contributed by atoms with Crippen LogP contribution in [-0.4, -0.2) is 45.9 Å². The Morgan fingerprint density at radius 3 is 2.80 bits per heavy atom. The Kier molecular flexibility index (Phi) is 4.33. The van der Waals surface area contributed by atoms with Gasteiger partial charge >= 0.3 is 5.97 Å². The molecule has 0 aliphatic carbocycles. The zero-order valence-corrected chi connectivity index (χ0v) is 11.8. The lowest BCUT2D eigenvalue weighted by molar-refractivity contribution is -0.133. The van der Waals surface area contributed by atoms with Crippen molar-refractivity contribution in [2.24, 2.45) is 0 Å². The van der Waals surface area contributed by atoms with Gasteiger partial charge in [-0.25, -0.2) is 9.78 Å². The molecule has 1 aliphatic rings. The molecule has 0 unspecified atom stereocenters. The van der Waals surface area contributed by atoms with Gasteiger partial charge in [-0.05, 0) is 13.3 Å². The molecule has 0 atom stereocenters. The van der Waals surface area contributed by atoms with E-state index in [0.29, 0.717) is 23.7 Å².